The van der Waals surface area contributed by atoms with Crippen molar-refractivity contribution in [3.8, 4) is 33.4 Å². The van der Waals surface area contributed by atoms with Crippen molar-refractivity contribution >= 4 is 32.3 Å². The maximum Gasteiger partial charge on any atom is -0.00237 e. The lowest BCUT2D eigenvalue weighted by Crippen LogP contribution is -1.93. The first-order valence-electron chi connectivity index (χ1n) is 12.9. The summed E-state index contributed by atoms with van der Waals surface area (Å²) in [5.74, 6) is 0. The van der Waals surface area contributed by atoms with E-state index in [0.29, 0.717) is 0 Å². The van der Waals surface area contributed by atoms with Gasteiger partial charge in [-0.1, -0.05) is 133 Å². The van der Waals surface area contributed by atoms with Gasteiger partial charge in [0.2, 0.25) is 0 Å². The number of fused-ring (bicyclic) bond motifs is 3. The molecule has 0 amide bonds. The summed E-state index contributed by atoms with van der Waals surface area (Å²) in [7, 11) is 0. The molecule has 7 aromatic carbocycles. The van der Waals surface area contributed by atoms with E-state index in [1.54, 1.807) is 0 Å². The Morgan fingerprint density at radius 1 is 0.351 bits per heavy atom. The molecule has 0 atom stereocenters. The second kappa shape index (κ2) is 8.76. The van der Waals surface area contributed by atoms with E-state index in [-0.39, 0.29) is 0 Å². The van der Waals surface area contributed by atoms with Crippen molar-refractivity contribution in [2.75, 3.05) is 0 Å². The third-order valence-corrected chi connectivity index (χ3v) is 7.57. The summed E-state index contributed by atoms with van der Waals surface area (Å²) < 4.78 is 0. The second-order valence-electron chi connectivity index (χ2n) is 9.80. The number of hydrogen-bond acceptors (Lipinski definition) is 0. The SMILES string of the molecule is Cc1cc(-c2ccccc2)ccc1-c1c2ccccc2c(-c2ccc3ccccc3c2)c2ccccc12. The van der Waals surface area contributed by atoms with Gasteiger partial charge in [0, 0.05) is 0 Å². The van der Waals surface area contributed by atoms with E-state index >= 15 is 0 Å². The smallest absolute Gasteiger partial charge is 0.00237 e. The molecular formula is C37H26. The fraction of sp³-hybridized carbons (Fsp3) is 0.0270. The summed E-state index contributed by atoms with van der Waals surface area (Å²) in [4.78, 5) is 0. The van der Waals surface area contributed by atoms with Gasteiger partial charge in [0.15, 0.2) is 0 Å². The minimum atomic E-state index is 1.25. The largest absolute Gasteiger partial charge is 0.0622 e. The van der Waals surface area contributed by atoms with E-state index in [1.807, 2.05) is 0 Å². The highest BCUT2D eigenvalue weighted by Crippen LogP contribution is 2.45. The monoisotopic (exact) mass is 470 g/mol. The van der Waals surface area contributed by atoms with E-state index in [2.05, 4.69) is 146 Å². The molecule has 0 saturated heterocycles. The number of rotatable bonds is 3. The lowest BCUT2D eigenvalue weighted by Gasteiger charge is -2.19. The summed E-state index contributed by atoms with van der Waals surface area (Å²) in [5.41, 5.74) is 8.95. The lowest BCUT2D eigenvalue weighted by molar-refractivity contribution is 1.46. The Kier molecular flexibility index (Phi) is 5.11. The van der Waals surface area contributed by atoms with Crippen LogP contribution in [0.3, 0.4) is 0 Å². The van der Waals surface area contributed by atoms with Crippen LogP contribution in [0.4, 0.5) is 0 Å². The molecule has 7 aromatic rings. The van der Waals surface area contributed by atoms with Gasteiger partial charge >= 0.3 is 0 Å². The zero-order valence-electron chi connectivity index (χ0n) is 20.8. The summed E-state index contributed by atoms with van der Waals surface area (Å²) >= 11 is 0. The molecule has 0 heteroatoms. The Bertz CT molecular complexity index is 1870. The molecule has 7 rings (SSSR count). The van der Waals surface area contributed by atoms with Gasteiger partial charge in [-0.3, -0.25) is 0 Å². The minimum Gasteiger partial charge on any atom is -0.0622 e. The van der Waals surface area contributed by atoms with Crippen molar-refractivity contribution in [1.82, 2.24) is 0 Å². The molecule has 0 N–H and O–H groups in total. The van der Waals surface area contributed by atoms with E-state index in [4.69, 9.17) is 0 Å². The van der Waals surface area contributed by atoms with Crippen LogP contribution in [-0.4, -0.2) is 0 Å². The Balaban J connectivity index is 1.53. The highest BCUT2D eigenvalue weighted by Gasteiger charge is 2.18. The van der Waals surface area contributed by atoms with Crippen molar-refractivity contribution < 1.29 is 0 Å². The third kappa shape index (κ3) is 3.61. The summed E-state index contributed by atoms with van der Waals surface area (Å²) in [6.07, 6.45) is 0. The lowest BCUT2D eigenvalue weighted by atomic mass is 9.84. The average molecular weight is 471 g/mol. The molecule has 0 aromatic heterocycles. The van der Waals surface area contributed by atoms with Crippen LogP contribution in [-0.2, 0) is 0 Å². The molecule has 0 aliphatic heterocycles. The van der Waals surface area contributed by atoms with Crippen LogP contribution in [0.5, 0.6) is 0 Å². The molecule has 0 aliphatic carbocycles. The quantitative estimate of drug-likeness (QED) is 0.225. The van der Waals surface area contributed by atoms with Gasteiger partial charge in [-0.2, -0.15) is 0 Å². The molecule has 0 fully saturated rings. The van der Waals surface area contributed by atoms with Crippen LogP contribution in [0.1, 0.15) is 5.56 Å². The van der Waals surface area contributed by atoms with Crippen LogP contribution in [0.15, 0.2) is 140 Å². The molecule has 0 saturated carbocycles. The molecule has 0 bridgehead atoms. The van der Waals surface area contributed by atoms with Crippen LogP contribution >= 0.6 is 0 Å². The molecule has 0 aliphatic rings. The van der Waals surface area contributed by atoms with Crippen molar-refractivity contribution in [3.05, 3.63) is 145 Å². The summed E-state index contributed by atoms with van der Waals surface area (Å²) in [6, 6.07) is 50.8. The number of hydrogen-bond donors (Lipinski definition) is 0. The van der Waals surface area contributed by atoms with E-state index in [0.717, 1.165) is 0 Å². The molecule has 37 heavy (non-hydrogen) atoms. The van der Waals surface area contributed by atoms with E-state index in [9.17, 15) is 0 Å². The topological polar surface area (TPSA) is 0 Å². The van der Waals surface area contributed by atoms with E-state index in [1.165, 1.54) is 71.3 Å². The van der Waals surface area contributed by atoms with Crippen LogP contribution in [0, 0.1) is 6.92 Å². The Hall–Kier alpha value is -4.68. The molecule has 0 unspecified atom stereocenters. The second-order valence-corrected chi connectivity index (χ2v) is 9.80. The van der Waals surface area contributed by atoms with Gasteiger partial charge in [-0.25, -0.2) is 0 Å². The number of benzene rings is 7. The van der Waals surface area contributed by atoms with Gasteiger partial charge in [0.1, 0.15) is 0 Å². The standard InChI is InChI=1S/C37H26/c1-25-23-29(26-11-3-2-4-12-26)21-22-31(25)37-34-17-9-7-15-32(34)36(33-16-8-10-18-35(33)37)30-20-19-27-13-5-6-14-28(27)24-30/h2-24H,1H3. The number of aryl methyl sites for hydroxylation is 1. The van der Waals surface area contributed by atoms with Crippen LogP contribution in [0.2, 0.25) is 0 Å². The zero-order valence-corrected chi connectivity index (χ0v) is 20.8. The predicted molar refractivity (Wildman–Crippen MR) is 160 cm³/mol. The van der Waals surface area contributed by atoms with Crippen LogP contribution in [0.25, 0.3) is 65.7 Å². The fourth-order valence-corrected chi connectivity index (χ4v) is 5.83. The third-order valence-electron chi connectivity index (χ3n) is 7.57. The molecule has 0 nitrogen and oxygen atoms in total. The van der Waals surface area contributed by atoms with E-state index < -0.39 is 0 Å². The van der Waals surface area contributed by atoms with Crippen molar-refractivity contribution in [3.63, 3.8) is 0 Å². The highest BCUT2D eigenvalue weighted by molar-refractivity contribution is 6.22. The van der Waals surface area contributed by atoms with Gasteiger partial charge in [0.25, 0.3) is 0 Å². The predicted octanol–water partition coefficient (Wildman–Crippen LogP) is 10.5. The Morgan fingerprint density at radius 3 is 1.54 bits per heavy atom. The molecule has 0 heterocycles. The first-order valence-corrected chi connectivity index (χ1v) is 12.9. The van der Waals surface area contributed by atoms with Crippen LogP contribution < -0.4 is 0 Å². The van der Waals surface area contributed by atoms with Crippen molar-refractivity contribution in [1.29, 1.82) is 0 Å². The first-order chi connectivity index (χ1) is 18.3. The van der Waals surface area contributed by atoms with Gasteiger partial charge in [-0.05, 0) is 84.3 Å². The molecule has 174 valence electrons. The Morgan fingerprint density at radius 2 is 0.892 bits per heavy atom. The summed E-state index contributed by atoms with van der Waals surface area (Å²) in [5, 5.41) is 7.70. The fourth-order valence-electron chi connectivity index (χ4n) is 5.83. The van der Waals surface area contributed by atoms with Crippen molar-refractivity contribution in [2.24, 2.45) is 0 Å². The highest BCUT2D eigenvalue weighted by atomic mass is 14.2. The first kappa shape index (κ1) is 21.6. The van der Waals surface area contributed by atoms with Gasteiger partial charge in [-0.15, -0.1) is 0 Å². The maximum atomic E-state index is 2.34. The summed E-state index contributed by atoms with van der Waals surface area (Å²) in [6.45, 7) is 2.24. The maximum absolute atomic E-state index is 2.34. The average Bonchev–Trinajstić information content (AvgIpc) is 2.96. The zero-order chi connectivity index (χ0) is 24.8. The van der Waals surface area contributed by atoms with Gasteiger partial charge in [0.05, 0.1) is 0 Å². The van der Waals surface area contributed by atoms with Crippen molar-refractivity contribution in [2.45, 2.75) is 6.92 Å². The molecule has 0 radical (unpaired) electrons. The molecule has 0 spiro atoms. The van der Waals surface area contributed by atoms with Gasteiger partial charge < -0.3 is 0 Å². The minimum absolute atomic E-state index is 1.25. The Labute approximate surface area is 217 Å². The molecular weight excluding hydrogens is 444 g/mol. The normalized spacial score (nSPS) is 11.4.